The van der Waals surface area contributed by atoms with Crippen LogP contribution >= 0.6 is 11.8 Å². The van der Waals surface area contributed by atoms with E-state index < -0.39 is 5.97 Å². The molecule has 0 aliphatic heterocycles. The van der Waals surface area contributed by atoms with Crippen molar-refractivity contribution in [3.05, 3.63) is 82.2 Å². The third-order valence-electron chi connectivity index (χ3n) is 6.86. The van der Waals surface area contributed by atoms with Gasteiger partial charge in [-0.05, 0) is 63.6 Å². The van der Waals surface area contributed by atoms with Gasteiger partial charge in [0.1, 0.15) is 0 Å². The highest BCUT2D eigenvalue weighted by molar-refractivity contribution is 7.98. The number of benzene rings is 2. The Labute approximate surface area is 200 Å². The van der Waals surface area contributed by atoms with Crippen molar-refractivity contribution in [3.63, 3.8) is 0 Å². The Morgan fingerprint density at radius 3 is 2.27 bits per heavy atom. The lowest BCUT2D eigenvalue weighted by molar-refractivity contribution is 0.0697. The zero-order valence-corrected chi connectivity index (χ0v) is 20.9. The molecule has 1 N–H and O–H groups in total. The van der Waals surface area contributed by atoms with Crippen LogP contribution < -0.4 is 0 Å². The van der Waals surface area contributed by atoms with Crippen molar-refractivity contribution in [1.29, 1.82) is 0 Å². The summed E-state index contributed by atoms with van der Waals surface area (Å²) in [5, 5.41) is 10.2. The number of fused-ring (bicyclic) bond motifs is 1. The molecule has 1 heterocycles. The summed E-state index contributed by atoms with van der Waals surface area (Å²) in [5.74, 6) is -0.0645. The number of hydrogen-bond donors (Lipinski definition) is 1. The summed E-state index contributed by atoms with van der Waals surface area (Å²) in [6, 6.07) is 11.8. The number of rotatable bonds is 6. The summed E-state index contributed by atoms with van der Waals surface area (Å²) in [5.41, 5.74) is 6.98. The van der Waals surface area contributed by atoms with Crippen molar-refractivity contribution >= 4 is 29.9 Å². The number of aromatic carboxylic acids is 1. The molecule has 3 aromatic rings. The van der Waals surface area contributed by atoms with Crippen LogP contribution in [0.2, 0.25) is 0 Å². The highest BCUT2D eigenvalue weighted by Gasteiger charge is 2.37. The van der Waals surface area contributed by atoms with E-state index >= 15 is 0 Å². The molecule has 1 aromatic heterocycles. The molecule has 0 atom stereocenters. The molecule has 4 nitrogen and oxygen atoms in total. The van der Waals surface area contributed by atoms with Gasteiger partial charge in [-0.1, -0.05) is 75.9 Å². The molecule has 33 heavy (non-hydrogen) atoms. The van der Waals surface area contributed by atoms with Gasteiger partial charge in [-0.2, -0.15) is 0 Å². The van der Waals surface area contributed by atoms with Gasteiger partial charge in [0.2, 0.25) is 0 Å². The Balaban J connectivity index is 1.74. The van der Waals surface area contributed by atoms with Crippen LogP contribution in [-0.2, 0) is 23.6 Å². The maximum atomic E-state index is 11.2. The molecule has 0 saturated heterocycles. The van der Waals surface area contributed by atoms with Gasteiger partial charge in [-0.3, -0.25) is 0 Å². The zero-order valence-electron chi connectivity index (χ0n) is 20.1. The van der Waals surface area contributed by atoms with Gasteiger partial charge in [-0.15, -0.1) is 0 Å². The molecule has 0 bridgehead atoms. The quantitative estimate of drug-likeness (QED) is 0.320. The molecule has 4 rings (SSSR count). The minimum atomic E-state index is -0.904. The van der Waals surface area contributed by atoms with Crippen LogP contribution in [0.3, 0.4) is 0 Å². The van der Waals surface area contributed by atoms with Gasteiger partial charge in [0.25, 0.3) is 0 Å². The second-order valence-corrected chi connectivity index (χ2v) is 11.2. The lowest BCUT2D eigenvalue weighted by Crippen LogP contribution is -2.34. The summed E-state index contributed by atoms with van der Waals surface area (Å²) >= 11 is 1.75. The van der Waals surface area contributed by atoms with Gasteiger partial charge in [0.15, 0.2) is 5.16 Å². The normalized spacial score (nSPS) is 16.6. The number of aromatic nitrogens is 2. The number of carboxylic acids is 1. The van der Waals surface area contributed by atoms with Crippen LogP contribution in [0.4, 0.5) is 0 Å². The summed E-state index contributed by atoms with van der Waals surface area (Å²) in [6.07, 6.45) is 10.4. The summed E-state index contributed by atoms with van der Waals surface area (Å²) in [7, 11) is 2.02. The fraction of sp³-hybridized carbons (Fsp3) is 0.357. The summed E-state index contributed by atoms with van der Waals surface area (Å²) in [6.45, 7) is 9.41. The molecule has 0 spiro atoms. The van der Waals surface area contributed by atoms with E-state index in [9.17, 15) is 4.79 Å². The molecule has 0 radical (unpaired) electrons. The standard InChI is InChI=1S/C28H32N2O2S/c1-27(2)12-13-28(3,4)24-17-22(18-33-26-29-14-15-30(26)5)21(16-23(24)27)11-8-19-6-9-20(10-7-19)25(31)32/h6-11,14-17H,12-13,18H2,1-5H3,(H,31,32). The predicted octanol–water partition coefficient (Wildman–Crippen LogP) is 6.93. The number of carbonyl (C=O) groups is 1. The largest absolute Gasteiger partial charge is 0.478 e. The van der Waals surface area contributed by atoms with Crippen LogP contribution in [0.1, 0.15) is 78.7 Å². The molecular weight excluding hydrogens is 428 g/mol. The second kappa shape index (κ2) is 8.86. The van der Waals surface area contributed by atoms with Crippen molar-refractivity contribution in [3.8, 4) is 0 Å². The van der Waals surface area contributed by atoms with Gasteiger partial charge >= 0.3 is 5.97 Å². The van der Waals surface area contributed by atoms with Crippen molar-refractivity contribution < 1.29 is 9.90 Å². The number of nitrogens with zero attached hydrogens (tertiary/aromatic N) is 2. The van der Waals surface area contributed by atoms with E-state index in [0.29, 0.717) is 5.56 Å². The summed E-state index contributed by atoms with van der Waals surface area (Å²) in [4.78, 5) is 15.6. The van der Waals surface area contributed by atoms with Crippen LogP contribution in [0, 0.1) is 0 Å². The van der Waals surface area contributed by atoms with Crippen molar-refractivity contribution in [2.45, 2.75) is 62.3 Å². The number of hydrogen-bond acceptors (Lipinski definition) is 3. The Morgan fingerprint density at radius 1 is 1.06 bits per heavy atom. The molecule has 0 unspecified atom stereocenters. The Hall–Kier alpha value is -2.79. The van der Waals surface area contributed by atoms with E-state index in [1.54, 1.807) is 23.9 Å². The fourth-order valence-corrected chi connectivity index (χ4v) is 5.45. The Morgan fingerprint density at radius 2 is 1.70 bits per heavy atom. The number of aryl methyl sites for hydroxylation is 1. The average Bonchev–Trinajstić information content (AvgIpc) is 3.19. The first-order valence-electron chi connectivity index (χ1n) is 11.4. The van der Waals surface area contributed by atoms with E-state index in [1.165, 1.54) is 35.1 Å². The van der Waals surface area contributed by atoms with E-state index in [2.05, 4.69) is 61.5 Å². The fourth-order valence-electron chi connectivity index (χ4n) is 4.51. The number of carboxylic acid groups (broad SMARTS) is 1. The van der Waals surface area contributed by atoms with Gasteiger partial charge < -0.3 is 9.67 Å². The average molecular weight is 461 g/mol. The van der Waals surface area contributed by atoms with Crippen LogP contribution in [0.25, 0.3) is 12.2 Å². The van der Waals surface area contributed by atoms with E-state index in [1.807, 2.05) is 31.6 Å². The highest BCUT2D eigenvalue weighted by atomic mass is 32.2. The maximum Gasteiger partial charge on any atom is 0.335 e. The van der Waals surface area contributed by atoms with Crippen LogP contribution in [0.5, 0.6) is 0 Å². The molecule has 1 aliphatic rings. The third kappa shape index (κ3) is 4.93. The molecule has 5 heteroatoms. The van der Waals surface area contributed by atoms with Gasteiger partial charge in [0.05, 0.1) is 5.56 Å². The molecule has 0 saturated carbocycles. The molecule has 0 fully saturated rings. The zero-order chi connectivity index (χ0) is 23.8. The van der Waals surface area contributed by atoms with Crippen molar-refractivity contribution in [2.24, 2.45) is 7.05 Å². The van der Waals surface area contributed by atoms with Crippen LogP contribution in [-0.4, -0.2) is 20.6 Å². The van der Waals surface area contributed by atoms with E-state index in [-0.39, 0.29) is 10.8 Å². The summed E-state index contributed by atoms with van der Waals surface area (Å²) < 4.78 is 2.05. The van der Waals surface area contributed by atoms with E-state index in [0.717, 1.165) is 16.5 Å². The van der Waals surface area contributed by atoms with E-state index in [4.69, 9.17) is 5.11 Å². The smallest absolute Gasteiger partial charge is 0.335 e. The maximum absolute atomic E-state index is 11.2. The molecule has 2 aromatic carbocycles. The van der Waals surface area contributed by atoms with Crippen LogP contribution in [0.15, 0.2) is 53.9 Å². The highest BCUT2D eigenvalue weighted by Crippen LogP contribution is 2.47. The monoisotopic (exact) mass is 460 g/mol. The number of imidazole rings is 1. The minimum absolute atomic E-state index is 0.141. The first-order valence-corrected chi connectivity index (χ1v) is 12.3. The minimum Gasteiger partial charge on any atom is -0.478 e. The third-order valence-corrected chi connectivity index (χ3v) is 7.97. The lowest BCUT2D eigenvalue weighted by atomic mass is 9.62. The predicted molar refractivity (Wildman–Crippen MR) is 137 cm³/mol. The SMILES string of the molecule is Cn1ccnc1SCc1cc2c(cc1C=Cc1ccc(C(=O)O)cc1)C(C)(C)CCC2(C)C. The van der Waals surface area contributed by atoms with Gasteiger partial charge in [0, 0.05) is 25.2 Å². The Kier molecular flexibility index (Phi) is 6.28. The molecule has 172 valence electrons. The first-order chi connectivity index (χ1) is 15.6. The topological polar surface area (TPSA) is 55.1 Å². The van der Waals surface area contributed by atoms with Crippen molar-refractivity contribution in [2.75, 3.05) is 0 Å². The van der Waals surface area contributed by atoms with Crippen molar-refractivity contribution in [1.82, 2.24) is 9.55 Å². The first kappa shape index (κ1) is 23.4. The number of thioether (sulfide) groups is 1. The molecule has 0 amide bonds. The lowest BCUT2D eigenvalue weighted by Gasteiger charge is -2.42. The molecule has 1 aliphatic carbocycles. The Bertz CT molecular complexity index is 1200. The second-order valence-electron chi connectivity index (χ2n) is 10.2. The molecular formula is C28H32N2O2S. The van der Waals surface area contributed by atoms with Gasteiger partial charge in [-0.25, -0.2) is 9.78 Å².